The summed E-state index contributed by atoms with van der Waals surface area (Å²) in [4.78, 5) is 15.4. The van der Waals surface area contributed by atoms with E-state index >= 15 is 0 Å². The minimum absolute atomic E-state index is 0.00529. The van der Waals surface area contributed by atoms with E-state index in [2.05, 4.69) is 25.7 Å². The van der Waals surface area contributed by atoms with Crippen LogP contribution in [0.3, 0.4) is 0 Å². The molecule has 1 aromatic carbocycles. The number of imidazole rings is 1. The van der Waals surface area contributed by atoms with Crippen molar-refractivity contribution in [3.8, 4) is 5.75 Å². The first-order valence-corrected chi connectivity index (χ1v) is 8.40. The van der Waals surface area contributed by atoms with Gasteiger partial charge in [0.05, 0.1) is 10.2 Å². The van der Waals surface area contributed by atoms with E-state index in [1.165, 1.54) is 28.8 Å². The highest BCUT2D eigenvalue weighted by Gasteiger charge is 2.34. The number of benzene rings is 1. The number of nitrogens with zero attached hydrogens (tertiary/aromatic N) is 2. The second kappa shape index (κ2) is 7.01. The van der Waals surface area contributed by atoms with Gasteiger partial charge in [0, 0.05) is 17.8 Å². The van der Waals surface area contributed by atoms with Gasteiger partial charge in [0.25, 0.3) is 0 Å². The Morgan fingerprint density at radius 3 is 2.63 bits per heavy atom. The van der Waals surface area contributed by atoms with E-state index in [1.54, 1.807) is 0 Å². The summed E-state index contributed by atoms with van der Waals surface area (Å²) in [5, 5.41) is 8.03. The summed E-state index contributed by atoms with van der Waals surface area (Å²) in [6.07, 6.45) is -3.77. The number of aromatic carboxylic acids is 1. The molecule has 142 valence electrons. The molecule has 0 aliphatic carbocycles. The number of hydrogen-bond donors (Lipinski definition) is 1. The molecular formula is C16H8BrClF4N2O3. The molecule has 0 amide bonds. The largest absolute Gasteiger partial charge is 0.573 e. The van der Waals surface area contributed by atoms with Crippen molar-refractivity contribution in [3.63, 3.8) is 0 Å². The first-order chi connectivity index (χ1) is 12.6. The Labute approximate surface area is 162 Å². The Morgan fingerprint density at radius 1 is 1.33 bits per heavy atom. The van der Waals surface area contributed by atoms with Crippen molar-refractivity contribution in [1.29, 1.82) is 0 Å². The molecule has 0 aliphatic heterocycles. The Hall–Kier alpha value is -2.33. The molecule has 1 unspecified atom stereocenters. The van der Waals surface area contributed by atoms with Gasteiger partial charge in [0.2, 0.25) is 0 Å². The lowest BCUT2D eigenvalue weighted by Gasteiger charge is -2.17. The number of hydrogen-bond acceptors (Lipinski definition) is 3. The number of alkyl halides is 4. The molecule has 3 rings (SSSR count). The quantitative estimate of drug-likeness (QED) is 0.425. The first kappa shape index (κ1) is 19.4. The van der Waals surface area contributed by atoms with Crippen LogP contribution in [-0.2, 0) is 0 Å². The number of fused-ring (bicyclic) bond motifs is 1. The average Bonchev–Trinajstić information content (AvgIpc) is 2.92. The van der Waals surface area contributed by atoms with E-state index in [1.807, 2.05) is 0 Å². The fourth-order valence-electron chi connectivity index (χ4n) is 2.51. The fraction of sp³-hybridized carbons (Fsp3) is 0.125. The third kappa shape index (κ3) is 3.86. The first-order valence-electron chi connectivity index (χ1n) is 7.17. The molecule has 0 radical (unpaired) electrons. The van der Waals surface area contributed by atoms with E-state index in [0.717, 1.165) is 12.1 Å². The lowest BCUT2D eigenvalue weighted by Crippen LogP contribution is -2.18. The van der Waals surface area contributed by atoms with Gasteiger partial charge >= 0.3 is 12.3 Å². The maximum absolute atomic E-state index is 13.7. The third-order valence-electron chi connectivity index (χ3n) is 3.56. The second-order valence-corrected chi connectivity index (χ2v) is 6.59. The van der Waals surface area contributed by atoms with Crippen LogP contribution in [0.4, 0.5) is 17.6 Å². The summed E-state index contributed by atoms with van der Waals surface area (Å²) < 4.78 is 56.9. The number of pyridine rings is 1. The minimum Gasteiger partial charge on any atom is -0.476 e. The van der Waals surface area contributed by atoms with Crippen LogP contribution < -0.4 is 4.74 Å². The zero-order valence-electron chi connectivity index (χ0n) is 13.0. The molecule has 0 spiro atoms. The monoisotopic (exact) mass is 466 g/mol. The SMILES string of the molecule is O=C(O)c1nc2cc(F)c(Br)cn2c1C(Cl)c1ccccc1OC(F)(F)F. The predicted molar refractivity (Wildman–Crippen MR) is 90.6 cm³/mol. The van der Waals surface area contributed by atoms with Crippen molar-refractivity contribution < 1.29 is 32.2 Å². The second-order valence-electron chi connectivity index (χ2n) is 5.30. The van der Waals surface area contributed by atoms with Crippen LogP contribution in [0.25, 0.3) is 5.65 Å². The summed E-state index contributed by atoms with van der Waals surface area (Å²) in [5.41, 5.74) is -0.850. The standard InChI is InChI=1S/C16H8BrClF4N2O3/c17-8-6-24-11(5-9(8)19)23-13(15(25)26)14(24)12(18)7-3-1-2-4-10(7)27-16(20,21)22/h1-6,12H,(H,25,26). The van der Waals surface area contributed by atoms with Crippen LogP contribution >= 0.6 is 27.5 Å². The molecule has 0 saturated heterocycles. The zero-order valence-corrected chi connectivity index (χ0v) is 15.3. The van der Waals surface area contributed by atoms with Crippen LogP contribution in [-0.4, -0.2) is 26.8 Å². The molecule has 27 heavy (non-hydrogen) atoms. The van der Waals surface area contributed by atoms with Gasteiger partial charge in [0.1, 0.15) is 22.6 Å². The van der Waals surface area contributed by atoms with Crippen LogP contribution in [0.1, 0.15) is 27.1 Å². The summed E-state index contributed by atoms with van der Waals surface area (Å²) in [7, 11) is 0. The molecule has 2 aromatic heterocycles. The van der Waals surface area contributed by atoms with Crippen molar-refractivity contribution in [2.45, 2.75) is 11.7 Å². The number of ether oxygens (including phenoxy) is 1. The molecule has 5 nitrogen and oxygen atoms in total. The number of carboxylic acids is 1. The summed E-state index contributed by atoms with van der Waals surface area (Å²) >= 11 is 9.32. The van der Waals surface area contributed by atoms with Crippen molar-refractivity contribution in [2.24, 2.45) is 0 Å². The Kier molecular flexibility index (Phi) is 5.04. The van der Waals surface area contributed by atoms with Gasteiger partial charge in [0.15, 0.2) is 5.69 Å². The van der Waals surface area contributed by atoms with Crippen molar-refractivity contribution in [2.75, 3.05) is 0 Å². The molecule has 11 heteroatoms. The maximum Gasteiger partial charge on any atom is 0.573 e. The van der Waals surface area contributed by atoms with Crippen LogP contribution in [0, 0.1) is 5.82 Å². The van der Waals surface area contributed by atoms with Crippen LogP contribution in [0.15, 0.2) is 41.0 Å². The molecule has 0 fully saturated rings. The van der Waals surface area contributed by atoms with Gasteiger partial charge in [-0.15, -0.1) is 24.8 Å². The van der Waals surface area contributed by atoms with Crippen molar-refractivity contribution >= 4 is 39.1 Å². The summed E-state index contributed by atoms with van der Waals surface area (Å²) in [6, 6.07) is 6.03. The highest BCUT2D eigenvalue weighted by molar-refractivity contribution is 9.10. The van der Waals surface area contributed by atoms with Gasteiger partial charge in [-0.2, -0.15) is 0 Å². The Bertz CT molecular complexity index is 1040. The number of carboxylic acid groups (broad SMARTS) is 1. The maximum atomic E-state index is 13.7. The Balaban J connectivity index is 2.22. The van der Waals surface area contributed by atoms with Gasteiger partial charge in [-0.3, -0.25) is 4.40 Å². The molecule has 2 heterocycles. The van der Waals surface area contributed by atoms with E-state index in [9.17, 15) is 27.5 Å². The molecule has 3 aromatic rings. The van der Waals surface area contributed by atoms with Crippen molar-refractivity contribution in [1.82, 2.24) is 9.38 Å². The lowest BCUT2D eigenvalue weighted by atomic mass is 10.1. The van der Waals surface area contributed by atoms with Crippen LogP contribution in [0.2, 0.25) is 0 Å². The molecule has 0 aliphatic rings. The summed E-state index contributed by atoms with van der Waals surface area (Å²) in [6.45, 7) is 0. The number of aromatic nitrogens is 2. The topological polar surface area (TPSA) is 63.8 Å². The summed E-state index contributed by atoms with van der Waals surface area (Å²) in [5.74, 6) is -2.74. The van der Waals surface area contributed by atoms with Crippen molar-refractivity contribution in [3.05, 3.63) is 63.8 Å². The smallest absolute Gasteiger partial charge is 0.476 e. The third-order valence-corrected chi connectivity index (χ3v) is 4.59. The van der Waals surface area contributed by atoms with E-state index in [0.29, 0.717) is 0 Å². The lowest BCUT2D eigenvalue weighted by molar-refractivity contribution is -0.274. The number of carbonyl (C=O) groups is 1. The highest BCUT2D eigenvalue weighted by Crippen LogP contribution is 2.39. The van der Waals surface area contributed by atoms with E-state index in [-0.39, 0.29) is 21.4 Å². The zero-order chi connectivity index (χ0) is 19.9. The number of halogens is 6. The Morgan fingerprint density at radius 2 is 2.00 bits per heavy atom. The molecule has 1 atom stereocenters. The minimum atomic E-state index is -4.96. The van der Waals surface area contributed by atoms with Gasteiger partial charge in [-0.1, -0.05) is 18.2 Å². The van der Waals surface area contributed by atoms with Gasteiger partial charge < -0.3 is 9.84 Å². The van der Waals surface area contributed by atoms with Gasteiger partial charge in [-0.05, 0) is 22.0 Å². The normalized spacial score (nSPS) is 13.0. The van der Waals surface area contributed by atoms with Crippen LogP contribution in [0.5, 0.6) is 5.75 Å². The molecule has 0 bridgehead atoms. The fourth-order valence-corrected chi connectivity index (χ4v) is 3.22. The number of rotatable bonds is 4. The molecule has 0 saturated carbocycles. The predicted octanol–water partition coefficient (Wildman–Crippen LogP) is 5.16. The van der Waals surface area contributed by atoms with Gasteiger partial charge in [-0.25, -0.2) is 14.2 Å². The average molecular weight is 468 g/mol. The molecular weight excluding hydrogens is 460 g/mol. The van der Waals surface area contributed by atoms with E-state index in [4.69, 9.17) is 11.6 Å². The molecule has 1 N–H and O–H groups in total. The highest BCUT2D eigenvalue weighted by atomic mass is 79.9. The van der Waals surface area contributed by atoms with E-state index < -0.39 is 35.0 Å². The number of para-hydroxylation sites is 1.